The van der Waals surface area contributed by atoms with Gasteiger partial charge in [0.05, 0.1) is 13.2 Å². The highest BCUT2D eigenvalue weighted by molar-refractivity contribution is 8.22. The van der Waals surface area contributed by atoms with Gasteiger partial charge in [-0.2, -0.15) is 12.1 Å². The lowest BCUT2D eigenvalue weighted by Crippen LogP contribution is -2.58. The predicted octanol–water partition coefficient (Wildman–Crippen LogP) is 4.39. The maximum atomic E-state index is 6.44. The Bertz CT molecular complexity index is 201. The van der Waals surface area contributed by atoms with Gasteiger partial charge in [0.2, 0.25) is 6.98 Å². The Hall–Kier alpha value is 0.744. The molecule has 0 aliphatic heterocycles. The van der Waals surface area contributed by atoms with E-state index in [0.29, 0.717) is 0 Å². The van der Waals surface area contributed by atoms with Crippen molar-refractivity contribution >= 4 is 26.7 Å². The van der Waals surface area contributed by atoms with Gasteiger partial charge in [-0.15, -0.1) is 0 Å². The predicted molar refractivity (Wildman–Crippen MR) is 78.6 cm³/mol. The van der Waals surface area contributed by atoms with E-state index in [1.54, 1.807) is 0 Å². The Morgan fingerprint density at radius 3 is 1.87 bits per heavy atom. The van der Waals surface area contributed by atoms with Gasteiger partial charge >= 0.3 is 0 Å². The van der Waals surface area contributed by atoms with Crippen LogP contribution in [0, 0.1) is 0 Å². The first-order valence-corrected chi connectivity index (χ1v) is 13.9. The first-order valence-electron chi connectivity index (χ1n) is 6.00. The fourth-order valence-corrected chi connectivity index (χ4v) is 10.5. The summed E-state index contributed by atoms with van der Waals surface area (Å²) in [5.41, 5.74) is 0.00340. The van der Waals surface area contributed by atoms with E-state index in [0.717, 1.165) is 6.42 Å². The van der Waals surface area contributed by atoms with Gasteiger partial charge in [0.15, 0.2) is 0 Å². The lowest BCUT2D eigenvalue weighted by molar-refractivity contribution is 0.104. The summed E-state index contributed by atoms with van der Waals surface area (Å²) in [6.45, 7) is 14.2. The summed E-state index contributed by atoms with van der Waals surface area (Å²) in [7, 11) is -1.28. The van der Waals surface area contributed by atoms with E-state index in [9.17, 15) is 0 Å². The number of hydrogen-bond acceptors (Lipinski definition) is 2. The van der Waals surface area contributed by atoms with Gasteiger partial charge in [0, 0.05) is 0 Å². The molecule has 0 aliphatic carbocycles. The summed E-state index contributed by atoms with van der Waals surface area (Å²) in [5, 5.41) is 0. The van der Waals surface area contributed by atoms with E-state index < -0.39 is 14.6 Å². The smallest absolute Gasteiger partial charge is 0.235 e. The highest BCUT2D eigenvalue weighted by Gasteiger charge is 2.47. The average Bonchev–Trinajstić information content (AvgIpc) is 2.01. The molecule has 1 atom stereocenters. The minimum Gasteiger partial charge on any atom is -0.405 e. The Kier molecular flexibility index (Phi) is 5.65. The van der Waals surface area contributed by atoms with Crippen LogP contribution in [-0.2, 0) is 4.43 Å². The zero-order chi connectivity index (χ0) is 12.3. The van der Waals surface area contributed by atoms with Crippen molar-refractivity contribution in [1.82, 2.24) is 0 Å². The Morgan fingerprint density at radius 2 is 1.60 bits per heavy atom. The van der Waals surface area contributed by atoms with Crippen LogP contribution in [-0.4, -0.2) is 20.2 Å². The molecule has 4 heteroatoms. The molecule has 0 rings (SSSR count). The molecule has 0 aliphatic rings. The molecule has 0 N–H and O–H groups in total. The molecular weight excluding hydrogens is 236 g/mol. The molecule has 1 nitrogen and oxygen atoms in total. The quantitative estimate of drug-likeness (QED) is 0.553. The van der Waals surface area contributed by atoms with Gasteiger partial charge < -0.3 is 4.43 Å². The molecule has 0 aromatic rings. The Balaban J connectivity index is 4.82. The van der Waals surface area contributed by atoms with Crippen molar-refractivity contribution in [3.05, 3.63) is 0 Å². The van der Waals surface area contributed by atoms with E-state index in [1.165, 1.54) is 12.5 Å². The molecule has 0 spiro atoms. The third-order valence-electron chi connectivity index (χ3n) is 3.06. The lowest BCUT2D eigenvalue weighted by atomic mass is 10.1. The average molecular weight is 265 g/mol. The highest BCUT2D eigenvalue weighted by Crippen LogP contribution is 2.34. The molecule has 0 aromatic heterocycles. The summed E-state index contributed by atoms with van der Waals surface area (Å²) in [6.07, 6.45) is 2.26. The van der Waals surface area contributed by atoms with Crippen molar-refractivity contribution < 1.29 is 4.43 Å². The minimum atomic E-state index is -1.77. The monoisotopic (exact) mass is 264 g/mol. The number of thiol groups is 1. The molecule has 0 radical (unpaired) electrons. The molecule has 0 saturated carbocycles. The fourth-order valence-electron chi connectivity index (χ4n) is 1.45. The van der Waals surface area contributed by atoms with Gasteiger partial charge in [-0.3, -0.25) is 0 Å². The summed E-state index contributed by atoms with van der Waals surface area (Å²) in [4.78, 5) is 0. The molecular formula is C11H28OSSi2. The van der Waals surface area contributed by atoms with Crippen LogP contribution < -0.4 is 0 Å². The Labute approximate surface area is 103 Å². The van der Waals surface area contributed by atoms with Gasteiger partial charge in [-0.1, -0.05) is 39.9 Å². The molecule has 0 saturated heterocycles. The molecule has 92 valence electrons. The second-order valence-electron chi connectivity index (χ2n) is 6.00. The highest BCUT2D eigenvalue weighted by atomic mass is 32.3. The minimum absolute atomic E-state index is 0.00340. The van der Waals surface area contributed by atoms with Crippen molar-refractivity contribution in [2.24, 2.45) is 0 Å². The van der Waals surface area contributed by atoms with Crippen LogP contribution in [0.5, 0.6) is 0 Å². The molecule has 0 amide bonds. The van der Waals surface area contributed by atoms with Crippen LogP contribution in [0.1, 0.15) is 40.5 Å². The molecule has 1 unspecified atom stereocenters. The molecule has 0 fully saturated rings. The molecule has 0 heterocycles. The van der Waals surface area contributed by atoms with Crippen molar-refractivity contribution in [2.75, 3.05) is 0 Å². The van der Waals surface area contributed by atoms with Crippen LogP contribution >= 0.6 is 12.1 Å². The first kappa shape index (κ1) is 15.7. The van der Waals surface area contributed by atoms with Crippen molar-refractivity contribution in [1.29, 1.82) is 0 Å². The molecule has 0 bridgehead atoms. The zero-order valence-electron chi connectivity index (χ0n) is 11.5. The largest absolute Gasteiger partial charge is 0.405 e. The number of rotatable bonds is 6. The SMILES string of the molecule is CCC[Si](S)(OC(C)(C)CC)[Si](C)(C)C. The third kappa shape index (κ3) is 4.63. The summed E-state index contributed by atoms with van der Waals surface area (Å²) >= 11 is 5.01. The molecule has 0 aromatic carbocycles. The van der Waals surface area contributed by atoms with Gasteiger partial charge in [0.25, 0.3) is 0 Å². The number of hydrogen-bond donors (Lipinski definition) is 1. The fraction of sp³-hybridized carbons (Fsp3) is 1.00. The summed E-state index contributed by atoms with van der Waals surface area (Å²) in [5.74, 6) is 0. The van der Waals surface area contributed by atoms with E-state index >= 15 is 0 Å². The first-order chi connectivity index (χ1) is 6.58. The van der Waals surface area contributed by atoms with Crippen LogP contribution in [0.2, 0.25) is 25.7 Å². The van der Waals surface area contributed by atoms with Crippen LogP contribution in [0.15, 0.2) is 0 Å². The standard InChI is InChI=1S/C11H28OSSi2/c1-8-10-15(13,14(5,6)7)12-11(3,4)9-2/h13H,8-10H2,1-7H3. The van der Waals surface area contributed by atoms with Crippen molar-refractivity contribution in [3.8, 4) is 0 Å². The summed E-state index contributed by atoms with van der Waals surface area (Å²) < 4.78 is 6.44. The van der Waals surface area contributed by atoms with Crippen molar-refractivity contribution in [3.63, 3.8) is 0 Å². The van der Waals surface area contributed by atoms with Crippen molar-refractivity contribution in [2.45, 2.75) is 71.8 Å². The maximum absolute atomic E-state index is 6.44. The topological polar surface area (TPSA) is 9.23 Å². The molecule has 15 heavy (non-hydrogen) atoms. The normalized spacial score (nSPS) is 17.6. The second kappa shape index (κ2) is 5.38. The third-order valence-corrected chi connectivity index (χ3v) is 22.5. The lowest BCUT2D eigenvalue weighted by Gasteiger charge is -2.42. The zero-order valence-corrected chi connectivity index (χ0v) is 14.4. The van der Waals surface area contributed by atoms with Gasteiger partial charge in [0.1, 0.15) is 0 Å². The van der Waals surface area contributed by atoms with E-state index in [4.69, 9.17) is 16.5 Å². The maximum Gasteiger partial charge on any atom is 0.235 e. The van der Waals surface area contributed by atoms with Gasteiger partial charge in [-0.05, 0) is 26.3 Å². The van der Waals surface area contributed by atoms with Crippen LogP contribution in [0.3, 0.4) is 0 Å². The van der Waals surface area contributed by atoms with E-state index in [2.05, 4.69) is 47.3 Å². The van der Waals surface area contributed by atoms with E-state index in [1.807, 2.05) is 0 Å². The summed E-state index contributed by atoms with van der Waals surface area (Å²) in [6, 6.07) is 1.19. The second-order valence-corrected chi connectivity index (χ2v) is 23.1. The van der Waals surface area contributed by atoms with Crippen LogP contribution in [0.4, 0.5) is 0 Å². The van der Waals surface area contributed by atoms with Gasteiger partial charge in [-0.25, -0.2) is 0 Å². The van der Waals surface area contributed by atoms with Crippen LogP contribution in [0.25, 0.3) is 0 Å². The Morgan fingerprint density at radius 1 is 1.13 bits per heavy atom. The van der Waals surface area contributed by atoms with E-state index in [-0.39, 0.29) is 5.60 Å².